The molecule has 1 unspecified atom stereocenters. The van der Waals surface area contributed by atoms with Crippen molar-refractivity contribution < 1.29 is 24.0 Å². The number of aromatic nitrogens is 2. The second-order valence-corrected chi connectivity index (χ2v) is 9.06. The molecule has 1 saturated carbocycles. The van der Waals surface area contributed by atoms with Gasteiger partial charge in [0.15, 0.2) is 5.54 Å². The van der Waals surface area contributed by atoms with Gasteiger partial charge in [-0.3, -0.25) is 4.79 Å². The number of amides is 1. The molecule has 3 heterocycles. The van der Waals surface area contributed by atoms with Crippen LogP contribution in [0.3, 0.4) is 0 Å². The largest absolute Gasteiger partial charge is 0.479 e. The molecular formula is C20H25N3O5. The molecule has 0 spiro atoms. The first-order valence-electron chi connectivity index (χ1n) is 9.61. The number of nitrogens with zero attached hydrogens (tertiary/aromatic N) is 2. The Hall–Kier alpha value is -2.48. The molecular weight excluding hydrogens is 362 g/mol. The maximum Gasteiger partial charge on any atom is 0.331 e. The van der Waals surface area contributed by atoms with Gasteiger partial charge >= 0.3 is 5.97 Å². The Bertz CT molecular complexity index is 933. The highest BCUT2D eigenvalue weighted by Crippen LogP contribution is 2.41. The number of rotatable bonds is 5. The number of hydrogen-bond donors (Lipinski definition) is 2. The molecule has 150 valence electrons. The van der Waals surface area contributed by atoms with Gasteiger partial charge in [0.2, 0.25) is 0 Å². The zero-order chi connectivity index (χ0) is 20.1. The Morgan fingerprint density at radius 1 is 1.36 bits per heavy atom. The first kappa shape index (κ1) is 18.9. The van der Waals surface area contributed by atoms with Crippen LogP contribution in [-0.2, 0) is 16.0 Å². The lowest BCUT2D eigenvalue weighted by Gasteiger charge is -2.24. The molecule has 0 radical (unpaired) electrons. The topological polar surface area (TPSA) is 115 Å². The molecule has 1 amide bonds. The average Bonchev–Trinajstić information content (AvgIpc) is 3.23. The van der Waals surface area contributed by atoms with Crippen molar-refractivity contribution in [2.45, 2.75) is 57.9 Å². The van der Waals surface area contributed by atoms with Crippen molar-refractivity contribution in [1.82, 2.24) is 15.5 Å². The van der Waals surface area contributed by atoms with Crippen molar-refractivity contribution in [2.75, 3.05) is 13.2 Å². The Kier molecular flexibility index (Phi) is 4.41. The Balaban J connectivity index is 1.78. The van der Waals surface area contributed by atoms with Crippen molar-refractivity contribution in [1.29, 1.82) is 0 Å². The second kappa shape index (κ2) is 6.55. The standard InChI is InChI=1S/C20H25N3O5/c1-19(2,3)9-14-15-12(8-13(11-4-5-11)21-17(15)28-23-14)16(24)22-20(18(25)26)6-7-27-10-20/h8,11H,4-7,9-10H2,1-3H3,(H,22,24)(H,25,26). The molecule has 4 rings (SSSR count). The Labute approximate surface area is 162 Å². The maximum atomic E-state index is 13.2. The molecule has 2 N–H and O–H groups in total. The van der Waals surface area contributed by atoms with E-state index in [-0.39, 0.29) is 18.4 Å². The molecule has 2 aromatic heterocycles. The van der Waals surface area contributed by atoms with E-state index >= 15 is 0 Å². The van der Waals surface area contributed by atoms with Crippen LogP contribution in [0.4, 0.5) is 0 Å². The van der Waals surface area contributed by atoms with Crippen LogP contribution in [0.1, 0.15) is 67.7 Å². The summed E-state index contributed by atoms with van der Waals surface area (Å²) in [5.41, 5.74) is 0.695. The molecule has 1 aliphatic heterocycles. The van der Waals surface area contributed by atoms with Gasteiger partial charge in [-0.15, -0.1) is 0 Å². The average molecular weight is 387 g/mol. The van der Waals surface area contributed by atoms with E-state index in [1.165, 1.54) is 0 Å². The molecule has 8 heteroatoms. The summed E-state index contributed by atoms with van der Waals surface area (Å²) < 4.78 is 10.7. The van der Waals surface area contributed by atoms with Crippen molar-refractivity contribution in [3.05, 3.63) is 23.0 Å². The van der Waals surface area contributed by atoms with Crippen LogP contribution in [0.5, 0.6) is 0 Å². The summed E-state index contributed by atoms with van der Waals surface area (Å²) in [6.45, 7) is 6.49. The molecule has 0 bridgehead atoms. The normalized spacial score (nSPS) is 22.5. The van der Waals surface area contributed by atoms with Crippen LogP contribution in [0.2, 0.25) is 0 Å². The minimum atomic E-state index is -1.41. The van der Waals surface area contributed by atoms with Crippen LogP contribution in [0, 0.1) is 5.41 Å². The lowest BCUT2D eigenvalue weighted by Crippen LogP contribution is -2.55. The number of pyridine rings is 1. The third-order valence-corrected chi connectivity index (χ3v) is 5.26. The Morgan fingerprint density at radius 2 is 2.11 bits per heavy atom. The lowest BCUT2D eigenvalue weighted by molar-refractivity contribution is -0.144. The molecule has 28 heavy (non-hydrogen) atoms. The minimum Gasteiger partial charge on any atom is -0.479 e. The molecule has 2 fully saturated rings. The second-order valence-electron chi connectivity index (χ2n) is 9.06. The van der Waals surface area contributed by atoms with Crippen LogP contribution in [-0.4, -0.2) is 45.9 Å². The highest BCUT2D eigenvalue weighted by Gasteiger charge is 2.44. The van der Waals surface area contributed by atoms with E-state index < -0.39 is 17.4 Å². The van der Waals surface area contributed by atoms with Gasteiger partial charge in [-0.1, -0.05) is 25.9 Å². The van der Waals surface area contributed by atoms with Gasteiger partial charge in [-0.05, 0) is 30.7 Å². The first-order valence-corrected chi connectivity index (χ1v) is 9.61. The summed E-state index contributed by atoms with van der Waals surface area (Å²) in [7, 11) is 0. The number of hydrogen-bond acceptors (Lipinski definition) is 6. The van der Waals surface area contributed by atoms with Gasteiger partial charge in [0, 0.05) is 24.6 Å². The quantitative estimate of drug-likeness (QED) is 0.810. The van der Waals surface area contributed by atoms with E-state index in [9.17, 15) is 14.7 Å². The smallest absolute Gasteiger partial charge is 0.331 e. The molecule has 8 nitrogen and oxygen atoms in total. The van der Waals surface area contributed by atoms with E-state index in [0.717, 1.165) is 18.5 Å². The number of ether oxygens (including phenoxy) is 1. The lowest BCUT2D eigenvalue weighted by atomic mass is 9.89. The van der Waals surface area contributed by atoms with Crippen molar-refractivity contribution in [3.63, 3.8) is 0 Å². The first-order chi connectivity index (χ1) is 13.2. The van der Waals surface area contributed by atoms with Gasteiger partial charge in [0.1, 0.15) is 0 Å². The summed E-state index contributed by atoms with van der Waals surface area (Å²) in [6.07, 6.45) is 2.89. The predicted octanol–water partition coefficient (Wildman–Crippen LogP) is 2.66. The number of carbonyl (C=O) groups is 2. The molecule has 1 saturated heterocycles. The number of aliphatic carboxylic acids is 1. The minimum absolute atomic E-state index is 0.0454. The third kappa shape index (κ3) is 3.48. The van der Waals surface area contributed by atoms with Crippen LogP contribution in [0.25, 0.3) is 11.1 Å². The van der Waals surface area contributed by atoms with Crippen LogP contribution < -0.4 is 5.32 Å². The fourth-order valence-electron chi connectivity index (χ4n) is 3.59. The van der Waals surface area contributed by atoms with Crippen LogP contribution in [0.15, 0.2) is 10.6 Å². The highest BCUT2D eigenvalue weighted by atomic mass is 16.5. The summed E-state index contributed by atoms with van der Waals surface area (Å²) in [4.78, 5) is 29.6. The Morgan fingerprint density at radius 3 is 2.68 bits per heavy atom. The number of fused-ring (bicyclic) bond motifs is 1. The predicted molar refractivity (Wildman–Crippen MR) is 100 cm³/mol. The molecule has 1 aliphatic carbocycles. The zero-order valence-electron chi connectivity index (χ0n) is 16.4. The van der Waals surface area contributed by atoms with Crippen LogP contribution >= 0.6 is 0 Å². The number of carboxylic acids is 1. The van der Waals surface area contributed by atoms with Gasteiger partial charge in [0.05, 0.1) is 23.3 Å². The van der Waals surface area contributed by atoms with Crippen molar-refractivity contribution >= 4 is 23.0 Å². The van der Waals surface area contributed by atoms with Crippen molar-refractivity contribution in [3.8, 4) is 0 Å². The highest BCUT2D eigenvalue weighted by molar-refractivity contribution is 6.07. The summed E-state index contributed by atoms with van der Waals surface area (Å²) in [6, 6.07) is 1.77. The van der Waals surface area contributed by atoms with Gasteiger partial charge < -0.3 is 19.7 Å². The number of carbonyl (C=O) groups excluding carboxylic acids is 1. The number of nitrogens with one attached hydrogen (secondary N) is 1. The maximum absolute atomic E-state index is 13.2. The summed E-state index contributed by atoms with van der Waals surface area (Å²) in [5.74, 6) is -1.23. The fourth-order valence-corrected chi connectivity index (χ4v) is 3.59. The van der Waals surface area contributed by atoms with Crippen molar-refractivity contribution in [2.24, 2.45) is 5.41 Å². The molecule has 1 atom stereocenters. The molecule has 0 aromatic carbocycles. The zero-order valence-corrected chi connectivity index (χ0v) is 16.4. The number of carboxylic acid groups (broad SMARTS) is 1. The van der Waals surface area contributed by atoms with E-state index in [4.69, 9.17) is 9.26 Å². The van der Waals surface area contributed by atoms with Gasteiger partial charge in [0.25, 0.3) is 11.6 Å². The van der Waals surface area contributed by atoms with E-state index in [1.54, 1.807) is 6.07 Å². The van der Waals surface area contributed by atoms with Gasteiger partial charge in [-0.25, -0.2) is 9.78 Å². The monoisotopic (exact) mass is 387 g/mol. The summed E-state index contributed by atoms with van der Waals surface area (Å²) >= 11 is 0. The fraction of sp³-hybridized carbons (Fsp3) is 0.600. The molecule has 2 aliphatic rings. The SMILES string of the molecule is CC(C)(C)Cc1noc2nc(C3CC3)cc(C(=O)NC3(C(=O)O)CCOC3)c12. The molecule has 2 aromatic rings. The van der Waals surface area contributed by atoms with E-state index in [1.807, 2.05) is 0 Å². The van der Waals surface area contributed by atoms with Gasteiger partial charge in [-0.2, -0.15) is 0 Å². The van der Waals surface area contributed by atoms with E-state index in [2.05, 4.69) is 36.2 Å². The summed E-state index contributed by atoms with van der Waals surface area (Å²) in [5, 5.41) is 17.1. The third-order valence-electron chi connectivity index (χ3n) is 5.26. The van der Waals surface area contributed by atoms with E-state index in [0.29, 0.717) is 41.3 Å².